The number of carbonyl (C=O) groups excluding carboxylic acids is 1. The van der Waals surface area contributed by atoms with Crippen molar-refractivity contribution in [2.75, 3.05) is 19.0 Å². The molecule has 1 aliphatic carbocycles. The highest BCUT2D eigenvalue weighted by molar-refractivity contribution is 5.96. The average Bonchev–Trinajstić information content (AvgIpc) is 2.29. The van der Waals surface area contributed by atoms with Crippen LogP contribution in [-0.2, 0) is 4.79 Å². The summed E-state index contributed by atoms with van der Waals surface area (Å²) in [7, 11) is 1.55. The first-order valence-corrected chi connectivity index (χ1v) is 5.72. The molecule has 1 aromatic heterocycles. The Balaban J connectivity index is 2.02. The minimum absolute atomic E-state index is 0.00165. The summed E-state index contributed by atoms with van der Waals surface area (Å²) < 4.78 is 4.95. The molecule has 3 N–H and O–H groups in total. The van der Waals surface area contributed by atoms with Gasteiger partial charge in [-0.05, 0) is 18.9 Å². The molecule has 0 atom stereocenters. The maximum Gasteiger partial charge on any atom is 0.231 e. The molecule has 1 saturated carbocycles. The lowest BCUT2D eigenvalue weighted by Crippen LogP contribution is -2.47. The molecule has 0 aliphatic heterocycles. The van der Waals surface area contributed by atoms with Gasteiger partial charge in [-0.1, -0.05) is 6.42 Å². The molecule has 0 spiro atoms. The fraction of sp³-hybridized carbons (Fsp3) is 0.500. The molecule has 1 fully saturated rings. The number of amides is 1. The van der Waals surface area contributed by atoms with Crippen molar-refractivity contribution in [2.24, 2.45) is 11.1 Å². The Kier molecular flexibility index (Phi) is 3.28. The molecule has 5 nitrogen and oxygen atoms in total. The number of nitrogens with zero attached hydrogens (tertiary/aromatic N) is 1. The largest absolute Gasteiger partial charge is 0.481 e. The summed E-state index contributed by atoms with van der Waals surface area (Å²) in [5, 5.41) is 2.85. The van der Waals surface area contributed by atoms with Gasteiger partial charge in [0.05, 0.1) is 24.4 Å². The molecule has 1 heterocycles. The summed E-state index contributed by atoms with van der Waals surface area (Å²) in [5.74, 6) is 0.526. The molecule has 5 heteroatoms. The molecule has 1 aliphatic rings. The van der Waals surface area contributed by atoms with Gasteiger partial charge in [0.2, 0.25) is 11.8 Å². The Labute approximate surface area is 100 Å². The second-order valence-corrected chi connectivity index (χ2v) is 4.38. The quantitative estimate of drug-likeness (QED) is 0.821. The van der Waals surface area contributed by atoms with E-state index in [1.54, 1.807) is 25.4 Å². The molecule has 1 aromatic rings. The van der Waals surface area contributed by atoms with Crippen molar-refractivity contribution in [3.8, 4) is 5.88 Å². The lowest BCUT2D eigenvalue weighted by molar-refractivity contribution is -0.129. The van der Waals surface area contributed by atoms with Crippen molar-refractivity contribution in [3.63, 3.8) is 0 Å². The van der Waals surface area contributed by atoms with Gasteiger partial charge in [-0.3, -0.25) is 4.79 Å². The Morgan fingerprint density at radius 2 is 2.35 bits per heavy atom. The van der Waals surface area contributed by atoms with Crippen molar-refractivity contribution in [2.45, 2.75) is 19.3 Å². The van der Waals surface area contributed by atoms with Crippen molar-refractivity contribution in [1.29, 1.82) is 0 Å². The second kappa shape index (κ2) is 4.71. The number of rotatable bonds is 4. The number of hydrogen-bond donors (Lipinski definition) is 2. The first-order chi connectivity index (χ1) is 8.20. The molecule has 17 heavy (non-hydrogen) atoms. The SMILES string of the molecule is COc1ccc(NC(=O)C2(CN)CCC2)cn1. The minimum atomic E-state index is -0.361. The summed E-state index contributed by atoms with van der Waals surface area (Å²) in [6.07, 6.45) is 4.41. The van der Waals surface area contributed by atoms with E-state index in [0.29, 0.717) is 18.1 Å². The summed E-state index contributed by atoms with van der Waals surface area (Å²) in [4.78, 5) is 16.1. The Bertz CT molecular complexity index is 393. The molecule has 92 valence electrons. The maximum absolute atomic E-state index is 12.1. The first-order valence-electron chi connectivity index (χ1n) is 5.72. The Morgan fingerprint density at radius 1 is 1.59 bits per heavy atom. The molecule has 0 radical (unpaired) electrons. The normalized spacial score (nSPS) is 17.1. The third kappa shape index (κ3) is 2.24. The number of ether oxygens (including phenoxy) is 1. The van der Waals surface area contributed by atoms with E-state index in [-0.39, 0.29) is 11.3 Å². The van der Waals surface area contributed by atoms with Crippen LogP contribution in [0.2, 0.25) is 0 Å². The molecule has 0 aromatic carbocycles. The zero-order chi connectivity index (χ0) is 12.3. The first kappa shape index (κ1) is 11.9. The third-order valence-corrected chi connectivity index (χ3v) is 3.39. The average molecular weight is 235 g/mol. The van der Waals surface area contributed by atoms with Gasteiger partial charge >= 0.3 is 0 Å². The summed E-state index contributed by atoms with van der Waals surface area (Å²) in [5.41, 5.74) is 5.99. The van der Waals surface area contributed by atoms with E-state index < -0.39 is 0 Å². The summed E-state index contributed by atoms with van der Waals surface area (Å²) in [6, 6.07) is 3.48. The van der Waals surface area contributed by atoms with Gasteiger partial charge in [0.15, 0.2) is 0 Å². The predicted molar refractivity (Wildman–Crippen MR) is 64.8 cm³/mol. The van der Waals surface area contributed by atoms with Gasteiger partial charge in [0, 0.05) is 12.6 Å². The fourth-order valence-electron chi connectivity index (χ4n) is 1.97. The van der Waals surface area contributed by atoms with Crippen molar-refractivity contribution in [3.05, 3.63) is 18.3 Å². The number of carbonyl (C=O) groups is 1. The molecule has 1 amide bonds. The smallest absolute Gasteiger partial charge is 0.231 e. The van der Waals surface area contributed by atoms with Crippen LogP contribution in [0.15, 0.2) is 18.3 Å². The van der Waals surface area contributed by atoms with Crippen LogP contribution in [0.5, 0.6) is 5.88 Å². The van der Waals surface area contributed by atoms with Crippen LogP contribution in [0.3, 0.4) is 0 Å². The molecular weight excluding hydrogens is 218 g/mol. The highest BCUT2D eigenvalue weighted by Crippen LogP contribution is 2.40. The fourth-order valence-corrected chi connectivity index (χ4v) is 1.97. The number of pyridine rings is 1. The van der Waals surface area contributed by atoms with Gasteiger partial charge in [0.25, 0.3) is 0 Å². The zero-order valence-electron chi connectivity index (χ0n) is 9.90. The highest BCUT2D eigenvalue weighted by Gasteiger charge is 2.42. The molecule has 0 saturated heterocycles. The monoisotopic (exact) mass is 235 g/mol. The highest BCUT2D eigenvalue weighted by atomic mass is 16.5. The Hall–Kier alpha value is -1.62. The van der Waals surface area contributed by atoms with Gasteiger partial charge in [-0.2, -0.15) is 0 Å². The van der Waals surface area contributed by atoms with E-state index in [1.807, 2.05) is 0 Å². The zero-order valence-corrected chi connectivity index (χ0v) is 9.90. The number of aromatic nitrogens is 1. The van der Waals surface area contributed by atoms with Crippen LogP contribution in [0.4, 0.5) is 5.69 Å². The number of hydrogen-bond acceptors (Lipinski definition) is 4. The third-order valence-electron chi connectivity index (χ3n) is 3.39. The lowest BCUT2D eigenvalue weighted by Gasteiger charge is -2.38. The van der Waals surface area contributed by atoms with Crippen molar-refractivity contribution < 1.29 is 9.53 Å². The molecule has 2 rings (SSSR count). The topological polar surface area (TPSA) is 77.2 Å². The van der Waals surface area contributed by atoms with Crippen LogP contribution < -0.4 is 15.8 Å². The minimum Gasteiger partial charge on any atom is -0.481 e. The Morgan fingerprint density at radius 3 is 2.76 bits per heavy atom. The maximum atomic E-state index is 12.1. The summed E-state index contributed by atoms with van der Waals surface area (Å²) >= 11 is 0. The molecule has 0 bridgehead atoms. The van der Waals surface area contributed by atoms with E-state index in [4.69, 9.17) is 10.5 Å². The second-order valence-electron chi connectivity index (χ2n) is 4.38. The van der Waals surface area contributed by atoms with E-state index in [0.717, 1.165) is 19.3 Å². The van der Waals surface area contributed by atoms with E-state index in [1.165, 1.54) is 0 Å². The van der Waals surface area contributed by atoms with Gasteiger partial charge in [-0.15, -0.1) is 0 Å². The number of anilines is 1. The number of nitrogens with one attached hydrogen (secondary N) is 1. The van der Waals surface area contributed by atoms with Gasteiger partial charge in [-0.25, -0.2) is 4.98 Å². The van der Waals surface area contributed by atoms with Crippen molar-refractivity contribution >= 4 is 11.6 Å². The van der Waals surface area contributed by atoms with E-state index in [2.05, 4.69) is 10.3 Å². The van der Waals surface area contributed by atoms with E-state index >= 15 is 0 Å². The van der Waals surface area contributed by atoms with Crippen LogP contribution in [-0.4, -0.2) is 24.5 Å². The van der Waals surface area contributed by atoms with Gasteiger partial charge < -0.3 is 15.8 Å². The standard InChI is InChI=1S/C12H17N3O2/c1-17-10-4-3-9(7-14-10)15-11(16)12(8-13)5-2-6-12/h3-4,7H,2,5-6,8,13H2,1H3,(H,15,16). The number of methoxy groups -OCH3 is 1. The van der Waals surface area contributed by atoms with Crippen LogP contribution in [0.1, 0.15) is 19.3 Å². The molecular formula is C12H17N3O2. The van der Waals surface area contributed by atoms with Crippen LogP contribution in [0, 0.1) is 5.41 Å². The summed E-state index contributed by atoms with van der Waals surface area (Å²) in [6.45, 7) is 0.405. The molecule has 0 unspecified atom stereocenters. The van der Waals surface area contributed by atoms with Crippen LogP contribution in [0.25, 0.3) is 0 Å². The van der Waals surface area contributed by atoms with Crippen molar-refractivity contribution in [1.82, 2.24) is 4.98 Å². The number of nitrogens with two attached hydrogens (primary N) is 1. The van der Waals surface area contributed by atoms with Crippen LogP contribution >= 0.6 is 0 Å². The predicted octanol–water partition coefficient (Wildman–Crippen LogP) is 1.16. The lowest BCUT2D eigenvalue weighted by atomic mass is 9.68. The van der Waals surface area contributed by atoms with Gasteiger partial charge in [0.1, 0.15) is 0 Å². The van der Waals surface area contributed by atoms with E-state index in [9.17, 15) is 4.79 Å².